The molecule has 0 aromatic rings. The third-order valence-electron chi connectivity index (χ3n) is 4.38. The smallest absolute Gasteiger partial charge is 0.305 e. The summed E-state index contributed by atoms with van der Waals surface area (Å²) in [6.45, 7) is 9.03. The summed E-state index contributed by atoms with van der Waals surface area (Å²) in [6.07, 6.45) is 1.39. The summed E-state index contributed by atoms with van der Waals surface area (Å²) in [5.41, 5.74) is 4.95. The van der Waals surface area contributed by atoms with Crippen molar-refractivity contribution in [2.24, 2.45) is 11.1 Å². The van der Waals surface area contributed by atoms with Crippen LogP contribution in [-0.2, 0) is 19.1 Å². The molecule has 2 atom stereocenters. The van der Waals surface area contributed by atoms with Crippen LogP contribution in [0, 0.1) is 5.41 Å². The Bertz CT molecular complexity index is 390. The van der Waals surface area contributed by atoms with Crippen LogP contribution in [0.2, 0.25) is 0 Å². The number of ether oxygens (including phenoxy) is 2. The maximum Gasteiger partial charge on any atom is 0.305 e. The molecule has 130 valence electrons. The Morgan fingerprint density at radius 3 is 2.41 bits per heavy atom. The lowest BCUT2D eigenvalue weighted by molar-refractivity contribution is -0.170. The van der Waals surface area contributed by atoms with E-state index in [2.05, 4.69) is 5.32 Å². The van der Waals surface area contributed by atoms with E-state index in [0.29, 0.717) is 39.0 Å². The standard InChI is InChI=1S/C15H28N2O4.ClH/c1-5-20-11-10-15(16,14(11,3)4)13(19)17-9-7-8-12(18)21-6-2;/h11H,5-10,16H2,1-4H3,(H,17,19);1H. The van der Waals surface area contributed by atoms with Crippen LogP contribution in [0.1, 0.15) is 47.0 Å². The lowest BCUT2D eigenvalue weighted by atomic mass is 9.54. The van der Waals surface area contributed by atoms with Gasteiger partial charge in [-0.2, -0.15) is 0 Å². The second-order valence-corrected chi connectivity index (χ2v) is 6.01. The molecule has 0 saturated heterocycles. The molecule has 1 aliphatic carbocycles. The van der Waals surface area contributed by atoms with E-state index in [4.69, 9.17) is 15.2 Å². The Balaban J connectivity index is 0.00000441. The predicted octanol–water partition coefficient (Wildman–Crippen LogP) is 1.40. The molecular formula is C15H29ClN2O4. The lowest BCUT2D eigenvalue weighted by Crippen LogP contribution is -2.75. The number of hydrogen-bond donors (Lipinski definition) is 2. The molecule has 1 fully saturated rings. The summed E-state index contributed by atoms with van der Waals surface area (Å²) < 4.78 is 10.4. The Morgan fingerprint density at radius 1 is 1.27 bits per heavy atom. The number of hydrogen-bond acceptors (Lipinski definition) is 5. The van der Waals surface area contributed by atoms with Gasteiger partial charge in [-0.3, -0.25) is 9.59 Å². The van der Waals surface area contributed by atoms with Gasteiger partial charge in [0.05, 0.1) is 12.7 Å². The molecule has 3 N–H and O–H groups in total. The number of rotatable bonds is 8. The number of nitrogens with one attached hydrogen (secondary N) is 1. The zero-order valence-electron chi connectivity index (χ0n) is 13.9. The van der Waals surface area contributed by atoms with Crippen molar-refractivity contribution < 1.29 is 19.1 Å². The van der Waals surface area contributed by atoms with E-state index < -0.39 is 11.0 Å². The highest BCUT2D eigenvalue weighted by Crippen LogP contribution is 2.49. The van der Waals surface area contributed by atoms with Crippen molar-refractivity contribution in [2.45, 2.75) is 58.6 Å². The van der Waals surface area contributed by atoms with Gasteiger partial charge in [0.2, 0.25) is 5.91 Å². The summed E-state index contributed by atoms with van der Waals surface area (Å²) in [4.78, 5) is 23.5. The summed E-state index contributed by atoms with van der Waals surface area (Å²) in [5, 5.41) is 2.81. The summed E-state index contributed by atoms with van der Waals surface area (Å²) in [5.74, 6) is -0.415. The number of esters is 1. The highest BCUT2D eigenvalue weighted by molar-refractivity contribution is 5.88. The average Bonchev–Trinajstić information content (AvgIpc) is 2.43. The van der Waals surface area contributed by atoms with E-state index in [0.717, 1.165) is 0 Å². The number of amides is 1. The van der Waals surface area contributed by atoms with Crippen LogP contribution in [0.4, 0.5) is 0 Å². The van der Waals surface area contributed by atoms with Gasteiger partial charge >= 0.3 is 5.97 Å². The Kier molecular flexibility index (Phi) is 8.36. The molecule has 0 radical (unpaired) electrons. The van der Waals surface area contributed by atoms with Crippen molar-refractivity contribution in [3.05, 3.63) is 0 Å². The second-order valence-electron chi connectivity index (χ2n) is 6.01. The molecule has 0 heterocycles. The van der Waals surface area contributed by atoms with Gasteiger partial charge in [0.25, 0.3) is 0 Å². The normalized spacial score (nSPS) is 25.6. The molecule has 7 heteroatoms. The molecule has 6 nitrogen and oxygen atoms in total. The monoisotopic (exact) mass is 336 g/mol. The quantitative estimate of drug-likeness (QED) is 0.516. The number of nitrogens with two attached hydrogens (primary N) is 1. The minimum atomic E-state index is -0.906. The number of carbonyl (C=O) groups is 2. The molecule has 1 saturated carbocycles. The second kappa shape index (κ2) is 8.70. The van der Waals surface area contributed by atoms with Gasteiger partial charge < -0.3 is 20.5 Å². The zero-order chi connectivity index (χ0) is 16.1. The van der Waals surface area contributed by atoms with Gasteiger partial charge in [0, 0.05) is 31.4 Å². The van der Waals surface area contributed by atoms with Crippen LogP contribution >= 0.6 is 12.4 Å². The van der Waals surface area contributed by atoms with Crippen LogP contribution < -0.4 is 11.1 Å². The molecule has 0 aromatic carbocycles. The summed E-state index contributed by atoms with van der Waals surface area (Å²) in [7, 11) is 0. The Morgan fingerprint density at radius 2 is 1.91 bits per heavy atom. The fourth-order valence-corrected chi connectivity index (χ4v) is 2.65. The van der Waals surface area contributed by atoms with Crippen LogP contribution in [0.3, 0.4) is 0 Å². The van der Waals surface area contributed by atoms with Crippen molar-refractivity contribution in [1.82, 2.24) is 5.32 Å². The predicted molar refractivity (Wildman–Crippen MR) is 86.9 cm³/mol. The molecule has 0 aromatic heterocycles. The van der Waals surface area contributed by atoms with Crippen molar-refractivity contribution in [2.75, 3.05) is 19.8 Å². The third-order valence-corrected chi connectivity index (χ3v) is 4.38. The van der Waals surface area contributed by atoms with Gasteiger partial charge in [0.15, 0.2) is 0 Å². The Hall–Kier alpha value is -0.850. The minimum Gasteiger partial charge on any atom is -0.466 e. The SMILES string of the molecule is CCOC(=O)CCCNC(=O)C1(N)CC(OCC)C1(C)C.Cl. The molecule has 1 amide bonds. The van der Waals surface area contributed by atoms with Gasteiger partial charge in [-0.25, -0.2) is 0 Å². The highest BCUT2D eigenvalue weighted by Gasteiger charge is 2.62. The fraction of sp³-hybridized carbons (Fsp3) is 0.867. The van der Waals surface area contributed by atoms with Crippen molar-refractivity contribution in [1.29, 1.82) is 0 Å². The van der Waals surface area contributed by atoms with Gasteiger partial charge in [-0.05, 0) is 20.3 Å². The zero-order valence-corrected chi connectivity index (χ0v) is 14.8. The minimum absolute atomic E-state index is 0. The third kappa shape index (κ3) is 4.33. The molecule has 22 heavy (non-hydrogen) atoms. The summed E-state index contributed by atoms with van der Waals surface area (Å²) in [6, 6.07) is 0. The van der Waals surface area contributed by atoms with Gasteiger partial charge in [-0.15, -0.1) is 12.4 Å². The molecule has 1 aliphatic rings. The van der Waals surface area contributed by atoms with Crippen LogP contribution in [0.5, 0.6) is 0 Å². The molecule has 0 aliphatic heterocycles. The first-order valence-corrected chi connectivity index (χ1v) is 7.64. The fourth-order valence-electron chi connectivity index (χ4n) is 2.65. The molecule has 0 spiro atoms. The van der Waals surface area contributed by atoms with Crippen molar-refractivity contribution in [3.63, 3.8) is 0 Å². The molecular weight excluding hydrogens is 308 g/mol. The number of carbonyl (C=O) groups excluding carboxylic acids is 2. The van der Waals surface area contributed by atoms with E-state index in [1.165, 1.54) is 0 Å². The molecule has 2 unspecified atom stereocenters. The first-order chi connectivity index (χ1) is 9.79. The van der Waals surface area contributed by atoms with Crippen LogP contribution in [0.15, 0.2) is 0 Å². The van der Waals surface area contributed by atoms with E-state index in [1.807, 2.05) is 20.8 Å². The van der Waals surface area contributed by atoms with Gasteiger partial charge in [-0.1, -0.05) is 13.8 Å². The van der Waals surface area contributed by atoms with Crippen LogP contribution in [0.25, 0.3) is 0 Å². The first-order valence-electron chi connectivity index (χ1n) is 7.64. The molecule has 1 rings (SSSR count). The lowest BCUT2D eigenvalue weighted by Gasteiger charge is -2.57. The van der Waals surface area contributed by atoms with Crippen molar-refractivity contribution in [3.8, 4) is 0 Å². The van der Waals surface area contributed by atoms with E-state index in [1.54, 1.807) is 6.92 Å². The number of halogens is 1. The van der Waals surface area contributed by atoms with Gasteiger partial charge in [0.1, 0.15) is 5.54 Å². The largest absolute Gasteiger partial charge is 0.466 e. The summed E-state index contributed by atoms with van der Waals surface area (Å²) >= 11 is 0. The maximum absolute atomic E-state index is 12.3. The maximum atomic E-state index is 12.3. The van der Waals surface area contributed by atoms with E-state index >= 15 is 0 Å². The van der Waals surface area contributed by atoms with Crippen LogP contribution in [-0.4, -0.2) is 43.3 Å². The highest BCUT2D eigenvalue weighted by atomic mass is 35.5. The first kappa shape index (κ1) is 21.1. The van der Waals surface area contributed by atoms with E-state index in [-0.39, 0.29) is 30.4 Å². The Labute approximate surface area is 138 Å². The average molecular weight is 337 g/mol. The topological polar surface area (TPSA) is 90.7 Å². The molecule has 0 bridgehead atoms. The van der Waals surface area contributed by atoms with Crippen molar-refractivity contribution >= 4 is 24.3 Å². The van der Waals surface area contributed by atoms with E-state index in [9.17, 15) is 9.59 Å².